The standard InChI is InChI=1S/C14H11N7/c15-14-20-12-11(17-7-18-12)13(21-14)19-10-3-1-2-8-6-16-5-4-9(8)10/h1-7H,(H4,15,17,18,19,20,21). The third-order valence-corrected chi connectivity index (χ3v) is 3.24. The van der Waals surface area contributed by atoms with Gasteiger partial charge in [0.15, 0.2) is 11.5 Å². The van der Waals surface area contributed by atoms with E-state index in [0.717, 1.165) is 22.0 Å². The lowest BCUT2D eigenvalue weighted by molar-refractivity contribution is 1.21. The highest BCUT2D eigenvalue weighted by Gasteiger charge is 2.10. The van der Waals surface area contributed by atoms with Crippen molar-refractivity contribution in [2.24, 2.45) is 0 Å². The Kier molecular flexibility index (Phi) is 2.43. The van der Waals surface area contributed by atoms with Crippen LogP contribution in [0.2, 0.25) is 0 Å². The molecule has 0 fully saturated rings. The van der Waals surface area contributed by atoms with E-state index in [1.54, 1.807) is 12.5 Å². The Labute approximate surface area is 119 Å². The van der Waals surface area contributed by atoms with Crippen LogP contribution in [-0.4, -0.2) is 24.9 Å². The second kappa shape index (κ2) is 4.41. The maximum Gasteiger partial charge on any atom is 0.224 e. The molecule has 0 saturated heterocycles. The van der Waals surface area contributed by atoms with Gasteiger partial charge in [-0.3, -0.25) is 4.98 Å². The third kappa shape index (κ3) is 1.91. The molecule has 1 aromatic carbocycles. The van der Waals surface area contributed by atoms with Gasteiger partial charge in [-0.15, -0.1) is 0 Å². The second-order valence-electron chi connectivity index (χ2n) is 4.56. The topological polar surface area (TPSA) is 105 Å². The van der Waals surface area contributed by atoms with E-state index >= 15 is 0 Å². The minimum Gasteiger partial charge on any atom is -0.368 e. The number of nitrogen functional groups attached to an aromatic ring is 1. The average Bonchev–Trinajstić information content (AvgIpc) is 2.96. The van der Waals surface area contributed by atoms with Gasteiger partial charge in [-0.25, -0.2) is 4.98 Å². The Morgan fingerprint density at radius 1 is 1.14 bits per heavy atom. The normalized spacial score (nSPS) is 11.0. The number of hydrogen-bond acceptors (Lipinski definition) is 6. The van der Waals surface area contributed by atoms with E-state index in [1.165, 1.54) is 0 Å². The van der Waals surface area contributed by atoms with Crippen LogP contribution in [0, 0.1) is 0 Å². The maximum absolute atomic E-state index is 5.72. The zero-order valence-electron chi connectivity index (χ0n) is 10.9. The van der Waals surface area contributed by atoms with Crippen molar-refractivity contribution in [1.82, 2.24) is 24.9 Å². The van der Waals surface area contributed by atoms with Gasteiger partial charge in [0.2, 0.25) is 5.95 Å². The molecule has 21 heavy (non-hydrogen) atoms. The summed E-state index contributed by atoms with van der Waals surface area (Å²) in [6.07, 6.45) is 5.14. The highest BCUT2D eigenvalue weighted by atomic mass is 15.1. The van der Waals surface area contributed by atoms with Crippen molar-refractivity contribution in [1.29, 1.82) is 0 Å². The van der Waals surface area contributed by atoms with Gasteiger partial charge in [0.1, 0.15) is 5.52 Å². The molecule has 0 unspecified atom stereocenters. The molecule has 0 aliphatic carbocycles. The summed E-state index contributed by atoms with van der Waals surface area (Å²) in [4.78, 5) is 19.6. The number of imidazole rings is 1. The Balaban J connectivity index is 1.89. The molecule has 0 spiro atoms. The van der Waals surface area contributed by atoms with E-state index in [4.69, 9.17) is 5.73 Å². The third-order valence-electron chi connectivity index (χ3n) is 3.24. The van der Waals surface area contributed by atoms with Crippen LogP contribution in [0.25, 0.3) is 21.9 Å². The summed E-state index contributed by atoms with van der Waals surface area (Å²) in [5, 5.41) is 5.39. The first-order chi connectivity index (χ1) is 10.3. The highest BCUT2D eigenvalue weighted by molar-refractivity contribution is 5.97. The average molecular weight is 277 g/mol. The van der Waals surface area contributed by atoms with Gasteiger partial charge in [0.05, 0.1) is 6.33 Å². The van der Waals surface area contributed by atoms with Gasteiger partial charge >= 0.3 is 0 Å². The molecule has 4 N–H and O–H groups in total. The predicted molar refractivity (Wildman–Crippen MR) is 81.1 cm³/mol. The molecule has 7 nitrogen and oxygen atoms in total. The molecule has 0 radical (unpaired) electrons. The molecule has 4 aromatic rings. The largest absolute Gasteiger partial charge is 0.368 e. The minimum absolute atomic E-state index is 0.180. The summed E-state index contributed by atoms with van der Waals surface area (Å²) >= 11 is 0. The highest BCUT2D eigenvalue weighted by Crippen LogP contribution is 2.27. The fraction of sp³-hybridized carbons (Fsp3) is 0. The molecule has 0 saturated carbocycles. The van der Waals surface area contributed by atoms with Crippen molar-refractivity contribution >= 4 is 39.4 Å². The number of pyridine rings is 1. The number of H-pyrrole nitrogens is 1. The summed E-state index contributed by atoms with van der Waals surface area (Å²) in [5.74, 6) is 0.776. The van der Waals surface area contributed by atoms with Gasteiger partial charge in [-0.2, -0.15) is 9.97 Å². The Bertz CT molecular complexity index is 939. The number of aromatic amines is 1. The van der Waals surface area contributed by atoms with Crippen LogP contribution < -0.4 is 11.1 Å². The predicted octanol–water partition coefficient (Wildman–Crippen LogP) is 2.23. The number of anilines is 3. The minimum atomic E-state index is 0.180. The number of benzene rings is 1. The lowest BCUT2D eigenvalue weighted by Crippen LogP contribution is -2.01. The SMILES string of the molecule is Nc1nc(Nc2cccc3cnccc23)c2[nH]cnc2n1. The van der Waals surface area contributed by atoms with E-state index in [-0.39, 0.29) is 5.95 Å². The van der Waals surface area contributed by atoms with Crippen molar-refractivity contribution < 1.29 is 0 Å². The summed E-state index contributed by atoms with van der Waals surface area (Å²) in [7, 11) is 0. The summed E-state index contributed by atoms with van der Waals surface area (Å²) in [6, 6.07) is 7.89. The van der Waals surface area contributed by atoms with Crippen LogP contribution in [0.1, 0.15) is 0 Å². The van der Waals surface area contributed by atoms with E-state index < -0.39 is 0 Å². The Hall–Kier alpha value is -3.22. The lowest BCUT2D eigenvalue weighted by Gasteiger charge is -2.09. The molecule has 3 aromatic heterocycles. The van der Waals surface area contributed by atoms with E-state index in [9.17, 15) is 0 Å². The molecule has 0 atom stereocenters. The number of hydrogen-bond donors (Lipinski definition) is 3. The van der Waals surface area contributed by atoms with Crippen molar-refractivity contribution in [3.63, 3.8) is 0 Å². The number of nitrogens with zero attached hydrogens (tertiary/aromatic N) is 4. The van der Waals surface area contributed by atoms with Crippen LogP contribution in [0.3, 0.4) is 0 Å². The summed E-state index contributed by atoms with van der Waals surface area (Å²) in [6.45, 7) is 0. The first kappa shape index (κ1) is 11.6. The Morgan fingerprint density at radius 2 is 2.10 bits per heavy atom. The maximum atomic E-state index is 5.72. The van der Waals surface area contributed by atoms with Crippen LogP contribution in [0.5, 0.6) is 0 Å². The number of rotatable bonds is 2. The summed E-state index contributed by atoms with van der Waals surface area (Å²) in [5.41, 5.74) is 7.90. The van der Waals surface area contributed by atoms with E-state index in [0.29, 0.717) is 11.5 Å². The van der Waals surface area contributed by atoms with Gasteiger partial charge in [-0.1, -0.05) is 12.1 Å². The lowest BCUT2D eigenvalue weighted by atomic mass is 10.1. The second-order valence-corrected chi connectivity index (χ2v) is 4.56. The monoisotopic (exact) mass is 277 g/mol. The smallest absolute Gasteiger partial charge is 0.224 e. The zero-order valence-corrected chi connectivity index (χ0v) is 10.9. The Morgan fingerprint density at radius 3 is 3.05 bits per heavy atom. The van der Waals surface area contributed by atoms with Gasteiger partial charge in [-0.05, 0) is 12.1 Å². The molecular weight excluding hydrogens is 266 g/mol. The fourth-order valence-electron chi connectivity index (χ4n) is 2.30. The molecule has 0 amide bonds. The van der Waals surface area contributed by atoms with Crippen molar-refractivity contribution in [3.05, 3.63) is 43.0 Å². The fourth-order valence-corrected chi connectivity index (χ4v) is 2.30. The first-order valence-electron chi connectivity index (χ1n) is 6.37. The van der Waals surface area contributed by atoms with Gasteiger partial charge in [0, 0.05) is 28.9 Å². The van der Waals surface area contributed by atoms with E-state index in [1.807, 2.05) is 30.5 Å². The molecule has 0 aliphatic rings. The molecule has 7 heteroatoms. The molecular formula is C14H11N7. The molecule has 3 heterocycles. The quantitative estimate of drug-likeness (QED) is 0.519. The molecule has 0 aliphatic heterocycles. The number of nitrogens with two attached hydrogens (primary N) is 1. The van der Waals surface area contributed by atoms with Crippen LogP contribution in [-0.2, 0) is 0 Å². The molecule has 0 bridgehead atoms. The van der Waals surface area contributed by atoms with E-state index in [2.05, 4.69) is 30.2 Å². The van der Waals surface area contributed by atoms with Crippen molar-refractivity contribution in [3.8, 4) is 0 Å². The number of aromatic nitrogens is 5. The van der Waals surface area contributed by atoms with Gasteiger partial charge < -0.3 is 16.0 Å². The zero-order chi connectivity index (χ0) is 14.2. The van der Waals surface area contributed by atoms with Crippen molar-refractivity contribution in [2.75, 3.05) is 11.1 Å². The number of fused-ring (bicyclic) bond motifs is 2. The molecule has 4 rings (SSSR count). The van der Waals surface area contributed by atoms with Crippen LogP contribution >= 0.6 is 0 Å². The molecule has 102 valence electrons. The summed E-state index contributed by atoms with van der Waals surface area (Å²) < 4.78 is 0. The van der Waals surface area contributed by atoms with Gasteiger partial charge in [0.25, 0.3) is 0 Å². The van der Waals surface area contributed by atoms with Crippen LogP contribution in [0.4, 0.5) is 17.5 Å². The van der Waals surface area contributed by atoms with Crippen LogP contribution in [0.15, 0.2) is 43.0 Å². The van der Waals surface area contributed by atoms with Crippen molar-refractivity contribution in [2.45, 2.75) is 0 Å². The number of nitrogens with one attached hydrogen (secondary N) is 2. The first-order valence-corrected chi connectivity index (χ1v) is 6.37.